The Kier molecular flexibility index (Phi) is 50.1. The van der Waals surface area contributed by atoms with Crippen molar-refractivity contribution in [3.63, 3.8) is 0 Å². The maximum absolute atomic E-state index is 13.6. The molecule has 0 aromatic heterocycles. The van der Waals surface area contributed by atoms with Crippen molar-refractivity contribution in [3.05, 3.63) is 41.5 Å². The molecule has 1 fully saturated rings. The van der Waals surface area contributed by atoms with Gasteiger partial charge in [0.1, 0.15) is 38.1 Å². The number of amides is 6. The molecule has 1 saturated heterocycles. The van der Waals surface area contributed by atoms with Gasteiger partial charge in [-0.05, 0) is 25.0 Å². The first-order valence-corrected chi connectivity index (χ1v) is 34.8. The van der Waals surface area contributed by atoms with E-state index in [2.05, 4.69) is 27.8 Å². The number of rotatable bonds is 64. The lowest BCUT2D eigenvalue weighted by Crippen LogP contribution is -2.56. The second-order valence-electron chi connectivity index (χ2n) is 22.0. The third-order valence-electron chi connectivity index (χ3n) is 13.8. The summed E-state index contributed by atoms with van der Waals surface area (Å²) in [4.78, 5) is 92.5. The average molecular weight is 1450 g/mol. The summed E-state index contributed by atoms with van der Waals surface area (Å²) < 4.78 is 135. The van der Waals surface area contributed by atoms with Gasteiger partial charge in [-0.15, -0.1) is 0 Å². The topological polar surface area (TPSA) is 392 Å². The lowest BCUT2D eigenvalue weighted by molar-refractivity contribution is -0.147. The van der Waals surface area contributed by atoms with Crippen LogP contribution < -0.4 is 16.0 Å². The highest BCUT2D eigenvalue weighted by molar-refractivity contribution is 7.85. The number of carbonyl (C=O) groups is 7. The van der Waals surface area contributed by atoms with Crippen molar-refractivity contribution in [1.29, 1.82) is 0 Å². The van der Waals surface area contributed by atoms with Crippen molar-refractivity contribution in [2.45, 2.75) is 64.9 Å². The molecular formula is C65H105N5O29S. The number of hydrogen-bond donors (Lipinski definition) is 4. The van der Waals surface area contributed by atoms with Crippen molar-refractivity contribution >= 4 is 57.2 Å². The Morgan fingerprint density at radius 1 is 0.560 bits per heavy atom. The Morgan fingerprint density at radius 3 is 1.39 bits per heavy atom. The summed E-state index contributed by atoms with van der Waals surface area (Å²) in [6, 6.07) is 0.226. The number of likely N-dealkylation sites (tertiary alicyclic amines) is 1. The highest BCUT2D eigenvalue weighted by Gasteiger charge is 2.47. The van der Waals surface area contributed by atoms with Crippen LogP contribution in [-0.4, -0.2) is 333 Å². The predicted molar refractivity (Wildman–Crippen MR) is 354 cm³/mol. The Morgan fingerprint density at radius 2 is 0.980 bits per heavy atom. The van der Waals surface area contributed by atoms with E-state index in [4.69, 9.17) is 94.6 Å². The van der Waals surface area contributed by atoms with Crippen LogP contribution in [0.15, 0.2) is 30.4 Å². The quantitative estimate of drug-likeness (QED) is 0.0157. The van der Waals surface area contributed by atoms with Gasteiger partial charge < -0.3 is 111 Å². The van der Waals surface area contributed by atoms with Crippen LogP contribution in [-0.2, 0) is 140 Å². The van der Waals surface area contributed by atoms with Crippen molar-refractivity contribution in [2.75, 3.05) is 250 Å². The van der Waals surface area contributed by atoms with Crippen molar-refractivity contribution in [3.8, 4) is 11.8 Å². The van der Waals surface area contributed by atoms with E-state index in [1.807, 2.05) is 0 Å². The van der Waals surface area contributed by atoms with Gasteiger partial charge >= 0.3 is 5.97 Å². The maximum Gasteiger partial charge on any atom is 0.302 e. The number of imide groups is 1. The molecule has 1 aromatic carbocycles. The van der Waals surface area contributed by atoms with Crippen LogP contribution >= 0.6 is 0 Å². The summed E-state index contributed by atoms with van der Waals surface area (Å²) in [6.45, 7) is 17.7. The number of nitrogens with one attached hydrogen (secondary N) is 3. The van der Waals surface area contributed by atoms with E-state index in [0.717, 1.165) is 22.0 Å². The second kappa shape index (κ2) is 56.7. The van der Waals surface area contributed by atoms with Gasteiger partial charge in [0, 0.05) is 49.4 Å². The molecule has 0 saturated carbocycles. The summed E-state index contributed by atoms with van der Waals surface area (Å²) in [5.41, 5.74) is 1.27. The molecular weight excluding hydrogens is 1350 g/mol. The first-order chi connectivity index (χ1) is 48.4. The molecule has 3 rings (SSSR count). The first kappa shape index (κ1) is 88.4. The number of methoxy groups -OCH3 is 1. The highest BCUT2D eigenvalue weighted by Crippen LogP contribution is 2.27. The number of benzene rings is 1. The number of nitrogens with zero attached hydrogens (tertiary/aromatic N) is 2. The van der Waals surface area contributed by atoms with Gasteiger partial charge in [0.2, 0.25) is 23.6 Å². The van der Waals surface area contributed by atoms with Crippen molar-refractivity contribution in [1.82, 2.24) is 20.4 Å². The third kappa shape index (κ3) is 43.2. The van der Waals surface area contributed by atoms with Gasteiger partial charge in [-0.2, -0.15) is 8.42 Å². The van der Waals surface area contributed by atoms with E-state index in [1.54, 1.807) is 39.2 Å². The molecule has 0 unspecified atom stereocenters. The summed E-state index contributed by atoms with van der Waals surface area (Å²) >= 11 is 0. The number of ether oxygens (including phenoxy) is 19. The molecule has 0 radical (unpaired) electrons. The largest absolute Gasteiger partial charge is 0.461 e. The minimum absolute atomic E-state index is 0.0279. The van der Waals surface area contributed by atoms with E-state index in [9.17, 15) is 42.0 Å². The number of anilines is 1. The van der Waals surface area contributed by atoms with E-state index in [-0.39, 0.29) is 46.2 Å². The van der Waals surface area contributed by atoms with Gasteiger partial charge in [0.15, 0.2) is 0 Å². The molecule has 2 heterocycles. The number of esters is 1. The third-order valence-corrected chi connectivity index (χ3v) is 14.5. The van der Waals surface area contributed by atoms with Gasteiger partial charge in [-0.25, -0.2) is 0 Å². The van der Waals surface area contributed by atoms with E-state index in [1.165, 1.54) is 13.8 Å². The standard InChI is InChI=1S/C65H105N5O29S/c1-51(2)62(68-59(72)47-69-57(49-96-43-44-100(78,79)80)46-58(65(69)77)70-60(73)10-11-61(70)74)64(76)66-52(3)63(75)67-56-9-8-55(48-99-53(4)71)54(45-56)7-6-12-82-15-16-84-19-20-86-23-24-88-25-26-89-27-28-90-29-30-91-32-34-93-36-38-95-40-42-98-50-97-41-39-94-37-35-92-33-31-87-22-21-85-18-17-83-14-13-81-5/h8-11,45,51-52,57-58,62H,12-44,46-50H2,1-5H3,(H,66,76)(H,67,75)(H,68,72)(H,78,79,80)/t52-,57-,58-,62-/m0/s1. The van der Waals surface area contributed by atoms with Gasteiger partial charge in [0.25, 0.3) is 21.9 Å². The molecule has 34 nitrogen and oxygen atoms in total. The zero-order chi connectivity index (χ0) is 72.7. The molecule has 570 valence electrons. The van der Waals surface area contributed by atoms with Gasteiger partial charge in [-0.1, -0.05) is 31.8 Å². The smallest absolute Gasteiger partial charge is 0.302 e. The van der Waals surface area contributed by atoms with Crippen molar-refractivity contribution in [2.24, 2.45) is 5.92 Å². The normalized spacial score (nSPS) is 15.2. The molecule has 2 aliphatic heterocycles. The lowest BCUT2D eigenvalue weighted by Gasteiger charge is -2.27. The van der Waals surface area contributed by atoms with Crippen LogP contribution in [0.1, 0.15) is 45.2 Å². The first-order valence-electron chi connectivity index (χ1n) is 33.2. The Labute approximate surface area is 585 Å². The monoisotopic (exact) mass is 1450 g/mol. The molecule has 35 heteroatoms. The minimum atomic E-state index is -4.37. The SMILES string of the molecule is COCCOCCOCCOCCOCCOCCOCOCCOCCOCCOCCOCCOCCOCCOCCOCCOCC#Cc1cc(NC(=O)[C@H](C)NC(=O)[C@@H](NC(=O)CN2C(=O)[C@@H](N3C(=O)C=CC3=O)C[C@H]2COCCS(=O)(=O)O)C(C)C)ccc1COC(C)=O. The van der Waals surface area contributed by atoms with Crippen LogP contribution in [0, 0.1) is 17.8 Å². The van der Waals surface area contributed by atoms with Crippen LogP contribution in [0.3, 0.4) is 0 Å². The summed E-state index contributed by atoms with van der Waals surface area (Å²) in [5, 5.41) is 7.92. The van der Waals surface area contributed by atoms with E-state index < -0.39 is 101 Å². The maximum atomic E-state index is 13.6. The van der Waals surface area contributed by atoms with Crippen LogP contribution in [0.2, 0.25) is 0 Å². The molecule has 6 amide bonds. The fourth-order valence-corrected chi connectivity index (χ4v) is 9.02. The molecule has 1 aromatic rings. The number of carbonyl (C=O) groups excluding carboxylic acids is 7. The van der Waals surface area contributed by atoms with Crippen LogP contribution in [0.25, 0.3) is 0 Å². The van der Waals surface area contributed by atoms with E-state index >= 15 is 0 Å². The fourth-order valence-electron chi connectivity index (χ4n) is 8.69. The summed E-state index contributed by atoms with van der Waals surface area (Å²) in [7, 11) is -2.73. The molecule has 0 spiro atoms. The summed E-state index contributed by atoms with van der Waals surface area (Å²) in [6.07, 6.45) is 1.87. The Hall–Kier alpha value is -5.80. The van der Waals surface area contributed by atoms with Gasteiger partial charge in [-0.3, -0.25) is 43.0 Å². The molecule has 2 aliphatic rings. The Balaban J connectivity index is 1.14. The lowest BCUT2D eigenvalue weighted by atomic mass is 10.0. The molecule has 100 heavy (non-hydrogen) atoms. The average Bonchev–Trinajstić information content (AvgIpc) is 1.63. The molecule has 4 atom stereocenters. The predicted octanol–water partition coefficient (Wildman–Crippen LogP) is -0.646. The van der Waals surface area contributed by atoms with E-state index in [0.29, 0.717) is 202 Å². The highest BCUT2D eigenvalue weighted by atomic mass is 32.2. The molecule has 4 N–H and O–H groups in total. The van der Waals surface area contributed by atoms with Crippen molar-refractivity contribution < 1.29 is 137 Å². The fraction of sp³-hybridized carbons (Fsp3) is 0.738. The molecule has 0 bridgehead atoms. The summed E-state index contributed by atoms with van der Waals surface area (Å²) in [5.74, 6) is -0.261. The minimum Gasteiger partial charge on any atom is -0.461 e. The molecule has 0 aliphatic carbocycles. The Bertz CT molecular complexity index is 2650. The van der Waals surface area contributed by atoms with Gasteiger partial charge in [0.05, 0.1) is 230 Å². The van der Waals surface area contributed by atoms with Crippen LogP contribution in [0.5, 0.6) is 0 Å². The van der Waals surface area contributed by atoms with Crippen LogP contribution in [0.4, 0.5) is 5.69 Å². The number of hydrogen-bond acceptors (Lipinski definition) is 28. The zero-order valence-corrected chi connectivity index (χ0v) is 59.1. The zero-order valence-electron chi connectivity index (χ0n) is 58.3. The second-order valence-corrected chi connectivity index (χ2v) is 23.6.